The van der Waals surface area contributed by atoms with Gasteiger partial charge in [0.25, 0.3) is 0 Å². The molecule has 0 aliphatic rings. The van der Waals surface area contributed by atoms with Crippen LogP contribution in [0.15, 0.2) is 24.7 Å². The van der Waals surface area contributed by atoms with E-state index in [-0.39, 0.29) is 0 Å². The van der Waals surface area contributed by atoms with Crippen molar-refractivity contribution in [3.05, 3.63) is 30.4 Å². The van der Waals surface area contributed by atoms with E-state index in [1.807, 2.05) is 25.5 Å². The van der Waals surface area contributed by atoms with Gasteiger partial charge in [0.05, 0.1) is 11.9 Å². The van der Waals surface area contributed by atoms with E-state index in [1.165, 1.54) is 0 Å². The standard InChI is InChI=1S/C11H14N4/c1-8(2)10-6-13-11(7-12-10)9-4-5-15(3)14-9/h4-8H,1-3H3. The lowest BCUT2D eigenvalue weighted by Crippen LogP contribution is -1.95. The Bertz CT molecular complexity index is 442. The van der Waals surface area contributed by atoms with Crippen LogP contribution in [0.1, 0.15) is 25.5 Å². The Morgan fingerprint density at radius 1 is 1.13 bits per heavy atom. The van der Waals surface area contributed by atoms with E-state index in [2.05, 4.69) is 28.9 Å². The molecule has 0 unspecified atom stereocenters. The molecular weight excluding hydrogens is 188 g/mol. The van der Waals surface area contributed by atoms with Gasteiger partial charge in [0.2, 0.25) is 0 Å². The first-order valence-corrected chi connectivity index (χ1v) is 4.99. The van der Waals surface area contributed by atoms with Crippen LogP contribution < -0.4 is 0 Å². The van der Waals surface area contributed by atoms with Crippen molar-refractivity contribution in [3.63, 3.8) is 0 Å². The first kappa shape index (κ1) is 9.83. The predicted molar refractivity (Wildman–Crippen MR) is 58.3 cm³/mol. The highest BCUT2D eigenvalue weighted by Crippen LogP contribution is 2.15. The number of nitrogens with zero attached hydrogens (tertiary/aromatic N) is 4. The van der Waals surface area contributed by atoms with Gasteiger partial charge in [-0.15, -0.1) is 0 Å². The van der Waals surface area contributed by atoms with Gasteiger partial charge >= 0.3 is 0 Å². The summed E-state index contributed by atoms with van der Waals surface area (Å²) in [5, 5.41) is 4.27. The Morgan fingerprint density at radius 2 is 1.93 bits per heavy atom. The number of rotatable bonds is 2. The summed E-state index contributed by atoms with van der Waals surface area (Å²) in [4.78, 5) is 8.70. The predicted octanol–water partition coefficient (Wildman–Crippen LogP) is 2.00. The van der Waals surface area contributed by atoms with Crippen molar-refractivity contribution in [1.29, 1.82) is 0 Å². The molecule has 2 rings (SSSR count). The maximum atomic E-state index is 4.35. The van der Waals surface area contributed by atoms with Crippen LogP contribution in [0.3, 0.4) is 0 Å². The van der Waals surface area contributed by atoms with E-state index >= 15 is 0 Å². The molecule has 0 aromatic carbocycles. The van der Waals surface area contributed by atoms with Crippen LogP contribution in [-0.4, -0.2) is 19.7 Å². The van der Waals surface area contributed by atoms with E-state index < -0.39 is 0 Å². The lowest BCUT2D eigenvalue weighted by atomic mass is 10.1. The molecule has 0 saturated heterocycles. The highest BCUT2D eigenvalue weighted by atomic mass is 15.2. The highest BCUT2D eigenvalue weighted by molar-refractivity contribution is 5.51. The Labute approximate surface area is 89.0 Å². The third-order valence-corrected chi connectivity index (χ3v) is 2.24. The summed E-state index contributed by atoms with van der Waals surface area (Å²) < 4.78 is 1.76. The van der Waals surface area contributed by atoms with Crippen LogP contribution in [-0.2, 0) is 7.05 Å². The van der Waals surface area contributed by atoms with E-state index in [9.17, 15) is 0 Å². The second kappa shape index (κ2) is 3.81. The fourth-order valence-electron chi connectivity index (χ4n) is 1.32. The smallest absolute Gasteiger partial charge is 0.112 e. The van der Waals surface area contributed by atoms with Gasteiger partial charge < -0.3 is 0 Å². The first-order chi connectivity index (χ1) is 7.16. The van der Waals surface area contributed by atoms with Crippen LogP contribution in [0.5, 0.6) is 0 Å². The molecule has 0 aliphatic heterocycles. The zero-order valence-electron chi connectivity index (χ0n) is 9.18. The van der Waals surface area contributed by atoms with Crippen LogP contribution in [0.25, 0.3) is 11.4 Å². The molecule has 0 amide bonds. The average Bonchev–Trinajstić information content (AvgIpc) is 2.65. The maximum absolute atomic E-state index is 4.35. The van der Waals surface area contributed by atoms with Crippen LogP contribution in [0.4, 0.5) is 0 Å². The molecule has 0 radical (unpaired) electrons. The van der Waals surface area contributed by atoms with Crippen LogP contribution >= 0.6 is 0 Å². The van der Waals surface area contributed by atoms with E-state index in [4.69, 9.17) is 0 Å². The van der Waals surface area contributed by atoms with Gasteiger partial charge in [-0.05, 0) is 12.0 Å². The average molecular weight is 202 g/mol. The Hall–Kier alpha value is -1.71. The van der Waals surface area contributed by atoms with Crippen molar-refractivity contribution >= 4 is 0 Å². The zero-order chi connectivity index (χ0) is 10.8. The molecular formula is C11H14N4. The van der Waals surface area contributed by atoms with Gasteiger partial charge in [-0.25, -0.2) is 0 Å². The molecule has 0 bridgehead atoms. The minimum Gasteiger partial charge on any atom is -0.275 e. The summed E-state index contributed by atoms with van der Waals surface area (Å²) in [5.74, 6) is 0.412. The quantitative estimate of drug-likeness (QED) is 0.748. The third kappa shape index (κ3) is 2.03. The number of aromatic nitrogens is 4. The molecule has 15 heavy (non-hydrogen) atoms. The molecule has 4 nitrogen and oxygen atoms in total. The topological polar surface area (TPSA) is 43.6 Å². The minimum absolute atomic E-state index is 0.412. The second-order valence-corrected chi connectivity index (χ2v) is 3.86. The normalized spacial score (nSPS) is 10.9. The Morgan fingerprint density at radius 3 is 2.40 bits per heavy atom. The Kier molecular flexibility index (Phi) is 2.49. The number of hydrogen-bond acceptors (Lipinski definition) is 3. The van der Waals surface area contributed by atoms with Gasteiger partial charge in [0, 0.05) is 19.4 Å². The number of hydrogen-bond donors (Lipinski definition) is 0. The van der Waals surface area contributed by atoms with Crippen LogP contribution in [0.2, 0.25) is 0 Å². The van der Waals surface area contributed by atoms with Crippen molar-refractivity contribution in [3.8, 4) is 11.4 Å². The minimum atomic E-state index is 0.412. The summed E-state index contributed by atoms with van der Waals surface area (Å²) in [7, 11) is 1.89. The summed E-state index contributed by atoms with van der Waals surface area (Å²) in [6.45, 7) is 4.20. The summed E-state index contributed by atoms with van der Waals surface area (Å²) in [5.41, 5.74) is 2.69. The maximum Gasteiger partial charge on any atom is 0.112 e. The third-order valence-electron chi connectivity index (χ3n) is 2.24. The fourth-order valence-corrected chi connectivity index (χ4v) is 1.32. The molecule has 78 valence electrons. The van der Waals surface area contributed by atoms with Crippen LogP contribution in [0, 0.1) is 0 Å². The molecule has 0 aliphatic carbocycles. The molecule has 2 heterocycles. The van der Waals surface area contributed by atoms with Crippen molar-refractivity contribution in [2.45, 2.75) is 19.8 Å². The molecule has 2 aromatic heterocycles. The van der Waals surface area contributed by atoms with Gasteiger partial charge in [0.1, 0.15) is 11.4 Å². The summed E-state index contributed by atoms with van der Waals surface area (Å²) >= 11 is 0. The SMILES string of the molecule is CC(C)c1cnc(-c2ccn(C)n2)cn1. The molecule has 0 saturated carbocycles. The van der Waals surface area contributed by atoms with E-state index in [1.54, 1.807) is 10.9 Å². The first-order valence-electron chi connectivity index (χ1n) is 4.99. The molecule has 0 fully saturated rings. The molecule has 0 spiro atoms. The Balaban J connectivity index is 2.31. The van der Waals surface area contributed by atoms with Crippen molar-refractivity contribution in [2.24, 2.45) is 7.05 Å². The van der Waals surface area contributed by atoms with E-state index in [0.29, 0.717) is 5.92 Å². The van der Waals surface area contributed by atoms with E-state index in [0.717, 1.165) is 17.1 Å². The lowest BCUT2D eigenvalue weighted by molar-refractivity contribution is 0.768. The molecule has 4 heteroatoms. The molecule has 0 atom stereocenters. The molecule has 2 aromatic rings. The van der Waals surface area contributed by atoms with Gasteiger partial charge in [-0.1, -0.05) is 13.8 Å². The second-order valence-electron chi connectivity index (χ2n) is 3.86. The zero-order valence-corrected chi connectivity index (χ0v) is 9.18. The summed E-state index contributed by atoms with van der Waals surface area (Å²) in [6, 6.07) is 1.93. The summed E-state index contributed by atoms with van der Waals surface area (Å²) in [6.07, 6.45) is 5.49. The van der Waals surface area contributed by atoms with Gasteiger partial charge in [0.15, 0.2) is 0 Å². The molecule has 0 N–H and O–H groups in total. The highest BCUT2D eigenvalue weighted by Gasteiger charge is 2.05. The largest absolute Gasteiger partial charge is 0.275 e. The van der Waals surface area contributed by atoms with Crippen molar-refractivity contribution in [1.82, 2.24) is 19.7 Å². The van der Waals surface area contributed by atoms with Gasteiger partial charge in [-0.2, -0.15) is 5.10 Å². The lowest BCUT2D eigenvalue weighted by Gasteiger charge is -2.03. The fraction of sp³-hybridized carbons (Fsp3) is 0.364. The monoisotopic (exact) mass is 202 g/mol. The van der Waals surface area contributed by atoms with Crippen molar-refractivity contribution < 1.29 is 0 Å². The van der Waals surface area contributed by atoms with Crippen molar-refractivity contribution in [2.75, 3.05) is 0 Å². The van der Waals surface area contributed by atoms with Gasteiger partial charge in [-0.3, -0.25) is 14.6 Å². The number of aryl methyl sites for hydroxylation is 1.